The molecule has 7 nitrogen and oxygen atoms in total. The van der Waals surface area contributed by atoms with Gasteiger partial charge in [-0.05, 0) is 37.0 Å². The van der Waals surface area contributed by atoms with E-state index in [1.807, 2.05) is 10.3 Å². The summed E-state index contributed by atoms with van der Waals surface area (Å²) in [5.41, 5.74) is -0.249. The van der Waals surface area contributed by atoms with Crippen molar-refractivity contribution in [1.29, 1.82) is 0 Å². The van der Waals surface area contributed by atoms with Crippen molar-refractivity contribution in [3.63, 3.8) is 0 Å². The molecule has 3 amide bonds. The zero-order chi connectivity index (χ0) is 20.7. The quantitative estimate of drug-likeness (QED) is 0.709. The lowest BCUT2D eigenvalue weighted by molar-refractivity contribution is -0.136. The third-order valence-corrected chi connectivity index (χ3v) is 6.85. The number of likely N-dealkylation sites (tertiary alicyclic amines) is 1. The maximum absolute atomic E-state index is 13.2. The van der Waals surface area contributed by atoms with E-state index in [-0.39, 0.29) is 23.1 Å². The van der Waals surface area contributed by atoms with Crippen LogP contribution in [0, 0.1) is 11.3 Å². The minimum absolute atomic E-state index is 0.0270. The molecule has 1 atom stereocenters. The fourth-order valence-electron chi connectivity index (χ4n) is 4.69. The molecule has 160 valence electrons. The first-order chi connectivity index (χ1) is 14.0. The van der Waals surface area contributed by atoms with Crippen molar-refractivity contribution in [2.75, 3.05) is 25.0 Å². The smallest absolute Gasteiger partial charge is 0.226 e. The second-order valence-electron chi connectivity index (χ2n) is 8.58. The molecule has 0 aromatic carbocycles. The minimum atomic E-state index is -0.249. The van der Waals surface area contributed by atoms with Crippen molar-refractivity contribution < 1.29 is 14.4 Å². The first-order valence-corrected chi connectivity index (χ1v) is 11.6. The summed E-state index contributed by atoms with van der Waals surface area (Å²) in [6.45, 7) is 3.62. The highest BCUT2D eigenvalue weighted by molar-refractivity contribution is 7.13. The molecule has 2 N–H and O–H groups in total. The van der Waals surface area contributed by atoms with Crippen LogP contribution in [0.5, 0.6) is 0 Å². The standard InChI is InChI=1S/C21H32N4O3S/c1-16(26)23-14-17-6-5-10-25(15-17)19(28)13-21(7-3-2-4-8-21)12-18(27)24-20-22-9-11-29-20/h9,11,17H,2-8,10,12-15H2,1H3,(H,23,26)(H,22,24,27). The number of hydrogen-bond donors (Lipinski definition) is 2. The Bertz CT molecular complexity index is 701. The van der Waals surface area contributed by atoms with Crippen LogP contribution in [0.1, 0.15) is 64.7 Å². The number of carbonyl (C=O) groups is 3. The number of aromatic nitrogens is 1. The monoisotopic (exact) mass is 420 g/mol. The van der Waals surface area contributed by atoms with Crippen LogP contribution < -0.4 is 10.6 Å². The minimum Gasteiger partial charge on any atom is -0.356 e. The van der Waals surface area contributed by atoms with E-state index >= 15 is 0 Å². The van der Waals surface area contributed by atoms with Crippen molar-refractivity contribution in [2.45, 2.75) is 64.7 Å². The SMILES string of the molecule is CC(=O)NCC1CCCN(C(=O)CC2(CC(=O)Nc3nccs3)CCCCC2)C1. The molecule has 1 unspecified atom stereocenters. The molecule has 3 rings (SSSR count). The molecular formula is C21H32N4O3S. The van der Waals surface area contributed by atoms with E-state index in [1.54, 1.807) is 6.20 Å². The zero-order valence-corrected chi connectivity index (χ0v) is 18.1. The number of carbonyl (C=O) groups excluding carboxylic acids is 3. The Balaban J connectivity index is 1.59. The van der Waals surface area contributed by atoms with Crippen LogP contribution in [0.3, 0.4) is 0 Å². The molecule has 1 saturated carbocycles. The first-order valence-electron chi connectivity index (χ1n) is 10.7. The highest BCUT2D eigenvalue weighted by atomic mass is 32.1. The lowest BCUT2D eigenvalue weighted by atomic mass is 9.69. The predicted molar refractivity (Wildman–Crippen MR) is 113 cm³/mol. The highest BCUT2D eigenvalue weighted by Crippen LogP contribution is 2.43. The van der Waals surface area contributed by atoms with Crippen LogP contribution in [0.2, 0.25) is 0 Å². The zero-order valence-electron chi connectivity index (χ0n) is 17.2. The average molecular weight is 421 g/mol. The summed E-state index contributed by atoms with van der Waals surface area (Å²) < 4.78 is 0. The van der Waals surface area contributed by atoms with Gasteiger partial charge < -0.3 is 15.5 Å². The van der Waals surface area contributed by atoms with E-state index in [0.717, 1.165) is 45.1 Å². The van der Waals surface area contributed by atoms with Gasteiger partial charge in [0.2, 0.25) is 17.7 Å². The number of nitrogens with zero attached hydrogens (tertiary/aromatic N) is 2. The van der Waals surface area contributed by atoms with Crippen LogP contribution in [0.4, 0.5) is 5.13 Å². The van der Waals surface area contributed by atoms with Gasteiger partial charge in [0.15, 0.2) is 5.13 Å². The van der Waals surface area contributed by atoms with E-state index in [0.29, 0.717) is 37.0 Å². The van der Waals surface area contributed by atoms with Crippen molar-refractivity contribution in [1.82, 2.24) is 15.2 Å². The van der Waals surface area contributed by atoms with E-state index in [9.17, 15) is 14.4 Å². The Labute approximate surface area is 176 Å². The number of piperidine rings is 1. The van der Waals surface area contributed by atoms with Gasteiger partial charge in [-0.3, -0.25) is 14.4 Å². The van der Waals surface area contributed by atoms with Gasteiger partial charge in [-0.15, -0.1) is 11.3 Å². The van der Waals surface area contributed by atoms with Crippen molar-refractivity contribution in [3.05, 3.63) is 11.6 Å². The third-order valence-electron chi connectivity index (χ3n) is 6.17. The van der Waals surface area contributed by atoms with Gasteiger partial charge in [0.1, 0.15) is 0 Å². The van der Waals surface area contributed by atoms with Gasteiger partial charge in [0.25, 0.3) is 0 Å². The van der Waals surface area contributed by atoms with Gasteiger partial charge in [-0.2, -0.15) is 0 Å². The molecule has 1 aromatic rings. The van der Waals surface area contributed by atoms with Gasteiger partial charge in [-0.25, -0.2) is 4.98 Å². The summed E-state index contributed by atoms with van der Waals surface area (Å²) in [7, 11) is 0. The van der Waals surface area contributed by atoms with Crippen LogP contribution in [0.15, 0.2) is 11.6 Å². The maximum Gasteiger partial charge on any atom is 0.226 e. The van der Waals surface area contributed by atoms with Crippen molar-refractivity contribution >= 4 is 34.2 Å². The van der Waals surface area contributed by atoms with Gasteiger partial charge in [0.05, 0.1) is 0 Å². The Hall–Kier alpha value is -1.96. The summed E-state index contributed by atoms with van der Waals surface area (Å²) >= 11 is 1.41. The molecule has 2 heterocycles. The van der Waals surface area contributed by atoms with Crippen molar-refractivity contribution in [3.8, 4) is 0 Å². The molecule has 29 heavy (non-hydrogen) atoms. The normalized spacial score (nSPS) is 21.4. The Morgan fingerprint density at radius 2 is 2.00 bits per heavy atom. The first kappa shape index (κ1) is 21.7. The number of nitrogens with one attached hydrogen (secondary N) is 2. The Morgan fingerprint density at radius 3 is 2.69 bits per heavy atom. The second kappa shape index (κ2) is 10.2. The summed E-state index contributed by atoms with van der Waals surface area (Å²) in [5.74, 6) is 0.395. The van der Waals surface area contributed by atoms with Crippen LogP contribution in [0.25, 0.3) is 0 Å². The lowest BCUT2D eigenvalue weighted by Crippen LogP contribution is -2.45. The molecule has 8 heteroatoms. The van der Waals surface area contributed by atoms with Crippen LogP contribution in [-0.4, -0.2) is 47.2 Å². The molecule has 0 radical (unpaired) electrons. The number of rotatable bonds is 7. The molecule has 1 aliphatic heterocycles. The van der Waals surface area contributed by atoms with E-state index < -0.39 is 0 Å². The van der Waals surface area contributed by atoms with Gasteiger partial charge in [0, 0.05) is 51.0 Å². The number of anilines is 1. The van der Waals surface area contributed by atoms with Gasteiger partial charge >= 0.3 is 0 Å². The molecule has 2 aliphatic rings. The summed E-state index contributed by atoms with van der Waals surface area (Å²) in [6, 6.07) is 0. The molecule has 1 aliphatic carbocycles. The molecule has 1 aromatic heterocycles. The summed E-state index contributed by atoms with van der Waals surface area (Å²) in [6.07, 6.45) is 9.65. The predicted octanol–water partition coefficient (Wildman–Crippen LogP) is 3.19. The molecule has 1 saturated heterocycles. The third kappa shape index (κ3) is 6.52. The topological polar surface area (TPSA) is 91.4 Å². The Kier molecular flexibility index (Phi) is 7.64. The molecule has 0 spiro atoms. The highest BCUT2D eigenvalue weighted by Gasteiger charge is 2.38. The van der Waals surface area contributed by atoms with E-state index in [2.05, 4.69) is 15.6 Å². The largest absolute Gasteiger partial charge is 0.356 e. The summed E-state index contributed by atoms with van der Waals surface area (Å²) in [4.78, 5) is 43.0. The van der Waals surface area contributed by atoms with Crippen LogP contribution >= 0.6 is 11.3 Å². The van der Waals surface area contributed by atoms with Gasteiger partial charge in [-0.1, -0.05) is 19.3 Å². The number of thiazole rings is 1. The maximum atomic E-state index is 13.2. The van der Waals surface area contributed by atoms with E-state index in [1.165, 1.54) is 24.7 Å². The number of hydrogen-bond acceptors (Lipinski definition) is 5. The molecule has 2 fully saturated rings. The second-order valence-corrected chi connectivity index (χ2v) is 9.48. The van der Waals surface area contributed by atoms with E-state index in [4.69, 9.17) is 0 Å². The molecule has 0 bridgehead atoms. The van der Waals surface area contributed by atoms with Crippen LogP contribution in [-0.2, 0) is 14.4 Å². The summed E-state index contributed by atoms with van der Waals surface area (Å²) in [5, 5.41) is 8.21. The average Bonchev–Trinajstić information content (AvgIpc) is 3.20. The molecular weight excluding hydrogens is 388 g/mol. The number of amides is 3. The lowest BCUT2D eigenvalue weighted by Gasteiger charge is -2.39. The van der Waals surface area contributed by atoms with Crippen molar-refractivity contribution in [2.24, 2.45) is 11.3 Å². The fraction of sp³-hybridized carbons (Fsp3) is 0.714. The fourth-order valence-corrected chi connectivity index (χ4v) is 5.23. The Morgan fingerprint density at radius 1 is 1.21 bits per heavy atom.